The number of anilines is 1. The van der Waals surface area contributed by atoms with Crippen molar-refractivity contribution < 1.29 is 4.52 Å². The van der Waals surface area contributed by atoms with E-state index in [1.54, 1.807) is 0 Å². The van der Waals surface area contributed by atoms with Crippen LogP contribution in [0.25, 0.3) is 11.1 Å². The first-order chi connectivity index (χ1) is 15.3. The van der Waals surface area contributed by atoms with Gasteiger partial charge in [-0.05, 0) is 36.6 Å². The number of hydrogen-bond donors (Lipinski definition) is 2. The Hall–Kier alpha value is -2.48. The van der Waals surface area contributed by atoms with Gasteiger partial charge in [0.1, 0.15) is 0 Å². The van der Waals surface area contributed by atoms with E-state index < -0.39 is 0 Å². The van der Waals surface area contributed by atoms with Crippen LogP contribution in [0.3, 0.4) is 0 Å². The lowest BCUT2D eigenvalue weighted by Crippen LogP contribution is -2.43. The van der Waals surface area contributed by atoms with E-state index >= 15 is 0 Å². The quantitative estimate of drug-likeness (QED) is 0.552. The normalized spacial score (nSPS) is 15.2. The van der Waals surface area contributed by atoms with Gasteiger partial charge in [-0.3, -0.25) is 4.98 Å². The summed E-state index contributed by atoms with van der Waals surface area (Å²) in [5.41, 5.74) is 6.06. The van der Waals surface area contributed by atoms with Crippen LogP contribution in [-0.4, -0.2) is 41.3 Å². The van der Waals surface area contributed by atoms with Crippen LogP contribution in [0.2, 0.25) is 0 Å². The van der Waals surface area contributed by atoms with Gasteiger partial charge in [0.05, 0.1) is 18.4 Å². The topological polar surface area (TPSA) is 79.1 Å². The van der Waals surface area contributed by atoms with Gasteiger partial charge in [0, 0.05) is 49.4 Å². The highest BCUT2D eigenvalue weighted by Crippen LogP contribution is 2.32. The molecule has 8 heteroatoms. The number of nitrogens with one attached hydrogen (secondary N) is 2. The van der Waals surface area contributed by atoms with Gasteiger partial charge < -0.3 is 20.1 Å². The van der Waals surface area contributed by atoms with Crippen LogP contribution in [0.4, 0.5) is 5.69 Å². The molecule has 1 aliphatic rings. The number of nitrogens with zero attached hydrogens (tertiary/aromatic N) is 4. The summed E-state index contributed by atoms with van der Waals surface area (Å²) < 4.78 is 5.40. The molecule has 2 aromatic heterocycles. The van der Waals surface area contributed by atoms with E-state index in [0.717, 1.165) is 26.2 Å². The Labute approximate surface area is 202 Å². The zero-order chi connectivity index (χ0) is 22.7. The highest BCUT2D eigenvalue weighted by Gasteiger charge is 2.22. The number of halogens is 1. The lowest BCUT2D eigenvalue weighted by atomic mass is 9.96. The van der Waals surface area contributed by atoms with Crippen LogP contribution in [0.15, 0.2) is 41.2 Å². The first kappa shape index (κ1) is 25.1. The van der Waals surface area contributed by atoms with Gasteiger partial charge in [-0.25, -0.2) is 0 Å². The summed E-state index contributed by atoms with van der Waals surface area (Å²) in [5, 5.41) is 11.1. The molecule has 3 heterocycles. The second-order valence-corrected chi connectivity index (χ2v) is 9.57. The maximum atomic E-state index is 5.40. The summed E-state index contributed by atoms with van der Waals surface area (Å²) in [4.78, 5) is 11.3. The van der Waals surface area contributed by atoms with Crippen molar-refractivity contribution in [2.24, 2.45) is 0 Å². The van der Waals surface area contributed by atoms with E-state index in [-0.39, 0.29) is 23.9 Å². The molecular formula is C25H35ClN6O. The Balaban J connectivity index is 0.00000306. The van der Waals surface area contributed by atoms with Crippen LogP contribution in [-0.2, 0) is 12.0 Å². The number of piperazine rings is 1. The highest BCUT2D eigenvalue weighted by atomic mass is 35.5. The fourth-order valence-corrected chi connectivity index (χ4v) is 4.10. The molecule has 0 spiro atoms. The van der Waals surface area contributed by atoms with Crippen LogP contribution in [0, 0.1) is 6.92 Å². The molecule has 1 atom stereocenters. The fourth-order valence-electron chi connectivity index (χ4n) is 4.10. The van der Waals surface area contributed by atoms with Gasteiger partial charge >= 0.3 is 0 Å². The van der Waals surface area contributed by atoms with E-state index in [1.807, 2.05) is 12.4 Å². The summed E-state index contributed by atoms with van der Waals surface area (Å²) in [5.74, 6) is 1.36. The van der Waals surface area contributed by atoms with Crippen molar-refractivity contribution in [2.45, 2.75) is 52.6 Å². The Morgan fingerprint density at radius 3 is 2.61 bits per heavy atom. The zero-order valence-corrected chi connectivity index (χ0v) is 21.0. The van der Waals surface area contributed by atoms with E-state index in [4.69, 9.17) is 4.52 Å². The molecule has 0 radical (unpaired) electrons. The van der Waals surface area contributed by atoms with Gasteiger partial charge in [-0.15, -0.1) is 12.4 Å². The predicted molar refractivity (Wildman–Crippen MR) is 135 cm³/mol. The van der Waals surface area contributed by atoms with Crippen molar-refractivity contribution in [2.75, 3.05) is 31.1 Å². The van der Waals surface area contributed by atoms with Crippen molar-refractivity contribution >= 4 is 18.1 Å². The molecule has 178 valence electrons. The monoisotopic (exact) mass is 470 g/mol. The second-order valence-electron chi connectivity index (χ2n) is 9.57. The Kier molecular flexibility index (Phi) is 8.10. The number of benzene rings is 1. The van der Waals surface area contributed by atoms with E-state index in [1.165, 1.54) is 27.9 Å². The van der Waals surface area contributed by atoms with Crippen LogP contribution >= 0.6 is 12.4 Å². The Bertz CT molecular complexity index is 1060. The second kappa shape index (κ2) is 10.6. The van der Waals surface area contributed by atoms with Crippen molar-refractivity contribution in [3.63, 3.8) is 0 Å². The summed E-state index contributed by atoms with van der Waals surface area (Å²) in [6.07, 6.45) is 3.87. The maximum Gasteiger partial charge on any atom is 0.232 e. The van der Waals surface area contributed by atoms with Gasteiger partial charge in [0.25, 0.3) is 0 Å². The number of pyridine rings is 1. The molecule has 0 amide bonds. The maximum absolute atomic E-state index is 5.40. The van der Waals surface area contributed by atoms with Gasteiger partial charge in [-0.1, -0.05) is 44.1 Å². The molecule has 7 nitrogen and oxygen atoms in total. The zero-order valence-electron chi connectivity index (χ0n) is 20.2. The van der Waals surface area contributed by atoms with Crippen molar-refractivity contribution in [1.82, 2.24) is 25.8 Å². The third kappa shape index (κ3) is 5.91. The van der Waals surface area contributed by atoms with E-state index in [9.17, 15) is 0 Å². The minimum atomic E-state index is -0.139. The predicted octanol–water partition coefficient (Wildman–Crippen LogP) is 4.42. The first-order valence-electron chi connectivity index (χ1n) is 11.4. The summed E-state index contributed by atoms with van der Waals surface area (Å²) >= 11 is 0. The fraction of sp³-hybridized carbons (Fsp3) is 0.480. The number of rotatable bonds is 6. The number of hydrogen-bond acceptors (Lipinski definition) is 7. The Morgan fingerprint density at radius 2 is 1.94 bits per heavy atom. The highest BCUT2D eigenvalue weighted by molar-refractivity contribution is 5.85. The third-order valence-corrected chi connectivity index (χ3v) is 5.98. The van der Waals surface area contributed by atoms with Crippen LogP contribution < -0.4 is 15.5 Å². The minimum Gasteiger partial charge on any atom is -0.367 e. The third-order valence-electron chi connectivity index (χ3n) is 5.98. The van der Waals surface area contributed by atoms with Gasteiger partial charge in [-0.2, -0.15) is 4.98 Å². The Morgan fingerprint density at radius 1 is 1.18 bits per heavy atom. The van der Waals surface area contributed by atoms with Gasteiger partial charge in [0.15, 0.2) is 5.82 Å². The lowest BCUT2D eigenvalue weighted by Gasteiger charge is -2.31. The molecule has 1 fully saturated rings. The standard InChI is InChI=1S/C25H34N6O.ClH/c1-17-14-19(21-8-9-27-15-22(21)31-12-10-26-11-13-31)6-7-20(17)18(2)28-16-23-29-24(32-30-23)25(3,4)5;/h6-9,14-15,18,26,28H,10-13,16H2,1-5H3;1H. The molecule has 0 saturated carbocycles. The molecule has 1 saturated heterocycles. The molecule has 33 heavy (non-hydrogen) atoms. The SMILES string of the molecule is Cc1cc(-c2ccncc2N2CCNCC2)ccc1C(C)NCc1noc(C(C)(C)C)n1.Cl. The molecule has 0 aliphatic carbocycles. The first-order valence-corrected chi connectivity index (χ1v) is 11.4. The molecule has 1 aromatic carbocycles. The lowest BCUT2D eigenvalue weighted by molar-refractivity contribution is 0.317. The largest absolute Gasteiger partial charge is 0.367 e. The average molecular weight is 471 g/mol. The van der Waals surface area contributed by atoms with Crippen molar-refractivity contribution in [1.29, 1.82) is 0 Å². The molecular weight excluding hydrogens is 436 g/mol. The van der Waals surface area contributed by atoms with E-state index in [2.05, 4.69) is 89.5 Å². The molecule has 1 unspecified atom stereocenters. The average Bonchev–Trinajstić information content (AvgIpc) is 3.28. The number of aromatic nitrogens is 3. The van der Waals surface area contributed by atoms with Gasteiger partial charge in [0.2, 0.25) is 5.89 Å². The molecule has 1 aliphatic heterocycles. The smallest absolute Gasteiger partial charge is 0.232 e. The molecule has 4 rings (SSSR count). The molecule has 2 N–H and O–H groups in total. The summed E-state index contributed by atoms with van der Waals surface area (Å²) in [6, 6.07) is 9.01. The van der Waals surface area contributed by atoms with Crippen LogP contribution in [0.5, 0.6) is 0 Å². The molecule has 3 aromatic rings. The summed E-state index contributed by atoms with van der Waals surface area (Å²) in [6.45, 7) is 15.2. The van der Waals surface area contributed by atoms with Crippen molar-refractivity contribution in [3.05, 3.63) is 59.5 Å². The summed E-state index contributed by atoms with van der Waals surface area (Å²) in [7, 11) is 0. The molecule has 0 bridgehead atoms. The minimum absolute atomic E-state index is 0. The van der Waals surface area contributed by atoms with E-state index in [0.29, 0.717) is 18.3 Å². The van der Waals surface area contributed by atoms with Crippen molar-refractivity contribution in [3.8, 4) is 11.1 Å². The number of aryl methyl sites for hydroxylation is 1. The van der Waals surface area contributed by atoms with Crippen LogP contribution in [0.1, 0.15) is 56.6 Å².